The van der Waals surface area contributed by atoms with Crippen LogP contribution in [0.1, 0.15) is 45.4 Å². The Morgan fingerprint density at radius 2 is 1.00 bits per heavy atom. The van der Waals surface area contributed by atoms with Crippen LogP contribution in [0.25, 0.3) is 0 Å². The van der Waals surface area contributed by atoms with Gasteiger partial charge in [0.15, 0.2) is 0 Å². The van der Waals surface area contributed by atoms with Crippen LogP contribution >= 0.6 is 0 Å². The molecule has 0 unspecified atom stereocenters. The molecule has 1 saturated carbocycles. The van der Waals surface area contributed by atoms with Crippen molar-refractivity contribution in [2.75, 3.05) is 0 Å². The van der Waals surface area contributed by atoms with E-state index in [-0.39, 0.29) is 0 Å². The lowest BCUT2D eigenvalue weighted by Gasteiger charge is -2.02. The lowest BCUT2D eigenvalue weighted by atomic mass is 10.0. The first-order valence-corrected chi connectivity index (χ1v) is 5.89. The van der Waals surface area contributed by atoms with E-state index in [0.717, 1.165) is 5.92 Å². The molecule has 0 radical (unpaired) electrons. The molecule has 0 aliphatic heterocycles. The summed E-state index contributed by atoms with van der Waals surface area (Å²) in [6.45, 7) is 2.38. The van der Waals surface area contributed by atoms with Crippen molar-refractivity contribution in [3.05, 3.63) is 36.4 Å². The summed E-state index contributed by atoms with van der Waals surface area (Å²) in [6, 6.07) is 12.0. The molecule has 14 heavy (non-hydrogen) atoms. The maximum Gasteiger partial charge on any atom is -0.0443 e. The average molecular weight is 190 g/mol. The lowest BCUT2D eigenvalue weighted by molar-refractivity contribution is 0.505. The highest BCUT2D eigenvalue weighted by atomic mass is 14.1. The normalized spacial score (nSPS) is 17.8. The number of rotatable bonds is 0. The summed E-state index contributed by atoms with van der Waals surface area (Å²) in [6.07, 6.45) is 8.93. The first kappa shape index (κ1) is 11.3. The molecule has 0 saturated heterocycles. The third-order valence-electron chi connectivity index (χ3n) is 2.81. The van der Waals surface area contributed by atoms with Gasteiger partial charge in [-0.1, -0.05) is 81.8 Å². The van der Waals surface area contributed by atoms with Crippen LogP contribution in [0.15, 0.2) is 36.4 Å². The molecule has 0 heteroatoms. The Bertz CT molecular complexity index is 168. The minimum atomic E-state index is 1.03. The molecule has 1 aliphatic carbocycles. The van der Waals surface area contributed by atoms with Gasteiger partial charge in [-0.3, -0.25) is 0 Å². The van der Waals surface area contributed by atoms with Crippen LogP contribution in [-0.2, 0) is 0 Å². The van der Waals surface area contributed by atoms with E-state index in [4.69, 9.17) is 0 Å². The highest BCUT2D eigenvalue weighted by Crippen LogP contribution is 2.21. The van der Waals surface area contributed by atoms with E-state index in [1.54, 1.807) is 0 Å². The van der Waals surface area contributed by atoms with Crippen molar-refractivity contribution < 1.29 is 0 Å². The molecule has 0 nitrogen and oxygen atoms in total. The molecule has 0 heterocycles. The largest absolute Gasteiger partial charge is 0.0625 e. The quantitative estimate of drug-likeness (QED) is 0.522. The van der Waals surface area contributed by atoms with E-state index < -0.39 is 0 Å². The number of benzene rings is 1. The van der Waals surface area contributed by atoms with Crippen LogP contribution in [0, 0.1) is 5.92 Å². The highest BCUT2D eigenvalue weighted by molar-refractivity contribution is 4.99. The van der Waals surface area contributed by atoms with Crippen molar-refractivity contribution in [2.24, 2.45) is 5.92 Å². The molecule has 2 rings (SSSR count). The molecule has 0 aromatic heterocycles. The summed E-state index contributed by atoms with van der Waals surface area (Å²) in [5.74, 6) is 1.03. The smallest absolute Gasteiger partial charge is 0.0443 e. The molecular weight excluding hydrogens is 168 g/mol. The highest BCUT2D eigenvalue weighted by Gasteiger charge is 2.05. The summed E-state index contributed by atoms with van der Waals surface area (Å²) in [5, 5.41) is 0. The van der Waals surface area contributed by atoms with Crippen LogP contribution in [-0.4, -0.2) is 0 Å². The number of hydrogen-bond acceptors (Lipinski definition) is 0. The third kappa shape index (κ3) is 5.80. The summed E-state index contributed by atoms with van der Waals surface area (Å²) in [7, 11) is 0. The van der Waals surface area contributed by atoms with Gasteiger partial charge in [-0.25, -0.2) is 0 Å². The van der Waals surface area contributed by atoms with Crippen LogP contribution in [0.3, 0.4) is 0 Å². The monoisotopic (exact) mass is 190 g/mol. The van der Waals surface area contributed by atoms with Gasteiger partial charge in [-0.2, -0.15) is 0 Å². The van der Waals surface area contributed by atoms with E-state index in [1.807, 2.05) is 36.4 Å². The fourth-order valence-electron chi connectivity index (χ4n) is 1.87. The van der Waals surface area contributed by atoms with Crippen molar-refractivity contribution in [3.63, 3.8) is 0 Å². The predicted octanol–water partition coefficient (Wildman–Crippen LogP) is 4.66. The molecule has 1 aromatic rings. The SMILES string of the molecule is CC1CCCCCC1.c1ccccc1. The first-order chi connectivity index (χ1) is 6.89. The van der Waals surface area contributed by atoms with Gasteiger partial charge in [0.05, 0.1) is 0 Å². The van der Waals surface area contributed by atoms with Crippen molar-refractivity contribution in [1.82, 2.24) is 0 Å². The lowest BCUT2D eigenvalue weighted by Crippen LogP contribution is -1.88. The van der Waals surface area contributed by atoms with Gasteiger partial charge < -0.3 is 0 Å². The summed E-state index contributed by atoms with van der Waals surface area (Å²) >= 11 is 0. The summed E-state index contributed by atoms with van der Waals surface area (Å²) in [5.41, 5.74) is 0. The van der Waals surface area contributed by atoms with Gasteiger partial charge in [0.2, 0.25) is 0 Å². The van der Waals surface area contributed by atoms with Crippen LogP contribution < -0.4 is 0 Å². The second-order valence-corrected chi connectivity index (χ2v) is 4.25. The van der Waals surface area contributed by atoms with E-state index >= 15 is 0 Å². The Labute approximate surface area is 88.4 Å². The van der Waals surface area contributed by atoms with Crippen molar-refractivity contribution in [3.8, 4) is 0 Å². The van der Waals surface area contributed by atoms with Gasteiger partial charge in [-0.05, 0) is 5.92 Å². The standard InChI is InChI=1S/C8H16.C6H6/c1-8-6-4-2-3-5-7-8;1-2-4-6-5-3-1/h8H,2-7H2,1H3;1-6H. The zero-order valence-corrected chi connectivity index (χ0v) is 9.28. The van der Waals surface area contributed by atoms with Crippen molar-refractivity contribution in [1.29, 1.82) is 0 Å². The third-order valence-corrected chi connectivity index (χ3v) is 2.81. The van der Waals surface area contributed by atoms with Crippen LogP contribution in [0.4, 0.5) is 0 Å². The van der Waals surface area contributed by atoms with E-state index in [0.29, 0.717) is 0 Å². The molecule has 0 atom stereocenters. The van der Waals surface area contributed by atoms with Crippen molar-refractivity contribution >= 4 is 0 Å². The second kappa shape index (κ2) is 7.61. The average Bonchev–Trinajstić information content (AvgIpc) is 2.49. The maximum atomic E-state index is 2.38. The molecule has 0 bridgehead atoms. The van der Waals surface area contributed by atoms with Crippen LogP contribution in [0.2, 0.25) is 0 Å². The molecule has 1 aliphatic rings. The Morgan fingerprint density at radius 3 is 1.36 bits per heavy atom. The van der Waals surface area contributed by atoms with Gasteiger partial charge in [0, 0.05) is 0 Å². The van der Waals surface area contributed by atoms with Gasteiger partial charge in [-0.15, -0.1) is 0 Å². The molecule has 1 aromatic carbocycles. The minimum Gasteiger partial charge on any atom is -0.0625 e. The van der Waals surface area contributed by atoms with Gasteiger partial charge >= 0.3 is 0 Å². The second-order valence-electron chi connectivity index (χ2n) is 4.25. The molecular formula is C14H22. The zero-order valence-electron chi connectivity index (χ0n) is 9.28. The van der Waals surface area contributed by atoms with E-state index in [2.05, 4.69) is 6.92 Å². The number of hydrogen-bond donors (Lipinski definition) is 0. The fourth-order valence-corrected chi connectivity index (χ4v) is 1.87. The Kier molecular flexibility index (Phi) is 6.14. The predicted molar refractivity (Wildman–Crippen MR) is 63.3 cm³/mol. The Hall–Kier alpha value is -0.780. The fraction of sp³-hybridized carbons (Fsp3) is 0.571. The van der Waals surface area contributed by atoms with Gasteiger partial charge in [0.25, 0.3) is 0 Å². The Balaban J connectivity index is 0.000000146. The minimum absolute atomic E-state index is 1.03. The van der Waals surface area contributed by atoms with E-state index in [9.17, 15) is 0 Å². The maximum absolute atomic E-state index is 2.38. The topological polar surface area (TPSA) is 0 Å². The zero-order chi connectivity index (χ0) is 10.1. The molecule has 0 amide bonds. The molecule has 1 fully saturated rings. The Morgan fingerprint density at radius 1 is 0.643 bits per heavy atom. The summed E-state index contributed by atoms with van der Waals surface area (Å²) < 4.78 is 0. The van der Waals surface area contributed by atoms with Crippen molar-refractivity contribution in [2.45, 2.75) is 45.4 Å². The van der Waals surface area contributed by atoms with E-state index in [1.165, 1.54) is 38.5 Å². The van der Waals surface area contributed by atoms with Gasteiger partial charge in [0.1, 0.15) is 0 Å². The molecule has 78 valence electrons. The first-order valence-electron chi connectivity index (χ1n) is 5.89. The van der Waals surface area contributed by atoms with Crippen LogP contribution in [0.5, 0.6) is 0 Å². The molecule has 0 spiro atoms. The molecule has 0 N–H and O–H groups in total. The summed E-state index contributed by atoms with van der Waals surface area (Å²) in [4.78, 5) is 0.